The third-order valence-corrected chi connectivity index (χ3v) is 2.52. The van der Waals surface area contributed by atoms with Gasteiger partial charge < -0.3 is 5.11 Å². The largest absolute Gasteiger partial charge is 0.508 e. The number of hydrogen-bond donors (Lipinski definition) is 1. The molecule has 0 bridgehead atoms. The lowest BCUT2D eigenvalue weighted by Gasteiger charge is -2.07. The Labute approximate surface area is 77.8 Å². The Morgan fingerprint density at radius 2 is 1.92 bits per heavy atom. The van der Waals surface area contributed by atoms with Crippen LogP contribution in [0.2, 0.25) is 0 Å². The molecule has 0 fully saturated rings. The van der Waals surface area contributed by atoms with Gasteiger partial charge in [0.25, 0.3) is 0 Å². The van der Waals surface area contributed by atoms with E-state index in [0.29, 0.717) is 11.7 Å². The van der Waals surface area contributed by atoms with Crippen LogP contribution in [0.25, 0.3) is 0 Å². The number of aromatic hydroxyl groups is 1. The van der Waals surface area contributed by atoms with Crippen molar-refractivity contribution in [3.8, 4) is 5.75 Å². The van der Waals surface area contributed by atoms with Crippen LogP contribution in [0.15, 0.2) is 23.1 Å². The number of thioether (sulfide) groups is 1. The number of phenols is 1. The van der Waals surface area contributed by atoms with E-state index >= 15 is 0 Å². The molecule has 1 nitrogen and oxygen atoms in total. The van der Waals surface area contributed by atoms with E-state index in [-0.39, 0.29) is 0 Å². The molecular formula is C10H14OS. The molecule has 1 aromatic carbocycles. The van der Waals surface area contributed by atoms with Crippen LogP contribution in [0.5, 0.6) is 5.75 Å². The van der Waals surface area contributed by atoms with Crippen molar-refractivity contribution in [2.24, 2.45) is 0 Å². The standard InChI is InChI=1S/C10H14OS/c1-7(2)8-4-9(11)6-10(5-8)12-3/h4-7,11H,1-3H3. The van der Waals surface area contributed by atoms with Gasteiger partial charge in [0.15, 0.2) is 0 Å². The highest BCUT2D eigenvalue weighted by Crippen LogP contribution is 2.26. The maximum atomic E-state index is 9.36. The van der Waals surface area contributed by atoms with Crippen molar-refractivity contribution in [3.05, 3.63) is 23.8 Å². The van der Waals surface area contributed by atoms with Crippen molar-refractivity contribution in [2.75, 3.05) is 6.26 Å². The summed E-state index contributed by atoms with van der Waals surface area (Å²) in [5.74, 6) is 0.841. The van der Waals surface area contributed by atoms with Crippen LogP contribution < -0.4 is 0 Å². The molecule has 0 unspecified atom stereocenters. The predicted molar refractivity (Wildman–Crippen MR) is 54.0 cm³/mol. The zero-order valence-corrected chi connectivity index (χ0v) is 8.48. The molecular weight excluding hydrogens is 168 g/mol. The first kappa shape index (κ1) is 9.46. The summed E-state index contributed by atoms with van der Waals surface area (Å²) in [6.07, 6.45) is 2.01. The van der Waals surface area contributed by atoms with E-state index in [4.69, 9.17) is 0 Å². The van der Waals surface area contributed by atoms with Crippen molar-refractivity contribution in [2.45, 2.75) is 24.7 Å². The average molecular weight is 182 g/mol. The SMILES string of the molecule is CSc1cc(O)cc(C(C)C)c1. The Morgan fingerprint density at radius 1 is 1.25 bits per heavy atom. The summed E-state index contributed by atoms with van der Waals surface area (Å²) in [5, 5.41) is 9.36. The second kappa shape index (κ2) is 3.85. The van der Waals surface area contributed by atoms with E-state index in [1.54, 1.807) is 17.8 Å². The molecule has 0 aliphatic carbocycles. The summed E-state index contributed by atoms with van der Waals surface area (Å²) in [6, 6.07) is 5.73. The lowest BCUT2D eigenvalue weighted by molar-refractivity contribution is 0.472. The highest BCUT2D eigenvalue weighted by atomic mass is 32.2. The van der Waals surface area contributed by atoms with E-state index in [1.165, 1.54) is 5.56 Å². The van der Waals surface area contributed by atoms with Crippen molar-refractivity contribution >= 4 is 11.8 Å². The molecule has 1 N–H and O–H groups in total. The normalized spacial score (nSPS) is 10.7. The smallest absolute Gasteiger partial charge is 0.116 e. The highest BCUT2D eigenvalue weighted by Gasteiger charge is 2.02. The van der Waals surface area contributed by atoms with Gasteiger partial charge in [0.1, 0.15) is 5.75 Å². The van der Waals surface area contributed by atoms with Gasteiger partial charge in [0, 0.05) is 4.90 Å². The topological polar surface area (TPSA) is 20.2 Å². The minimum Gasteiger partial charge on any atom is -0.508 e. The van der Waals surface area contributed by atoms with Crippen LogP contribution in [0.3, 0.4) is 0 Å². The quantitative estimate of drug-likeness (QED) is 0.708. The molecule has 0 radical (unpaired) electrons. The molecule has 0 saturated heterocycles. The fourth-order valence-electron chi connectivity index (χ4n) is 1.06. The minimum atomic E-state index is 0.366. The van der Waals surface area contributed by atoms with Gasteiger partial charge in [-0.3, -0.25) is 0 Å². The highest BCUT2D eigenvalue weighted by molar-refractivity contribution is 7.98. The minimum absolute atomic E-state index is 0.366. The van der Waals surface area contributed by atoms with Crippen molar-refractivity contribution in [3.63, 3.8) is 0 Å². The van der Waals surface area contributed by atoms with E-state index in [0.717, 1.165) is 4.90 Å². The molecule has 0 aromatic heterocycles. The van der Waals surface area contributed by atoms with Crippen LogP contribution in [0.1, 0.15) is 25.3 Å². The molecule has 0 heterocycles. The number of phenolic OH excluding ortho intramolecular Hbond substituents is 1. The lowest BCUT2D eigenvalue weighted by atomic mass is 10.0. The number of rotatable bonds is 2. The molecule has 66 valence electrons. The van der Waals surface area contributed by atoms with Gasteiger partial charge in [-0.05, 0) is 35.9 Å². The van der Waals surface area contributed by atoms with Crippen molar-refractivity contribution in [1.29, 1.82) is 0 Å². The summed E-state index contributed by atoms with van der Waals surface area (Å²) in [5.41, 5.74) is 1.19. The molecule has 12 heavy (non-hydrogen) atoms. The van der Waals surface area contributed by atoms with Gasteiger partial charge in [0.05, 0.1) is 0 Å². The average Bonchev–Trinajstić information content (AvgIpc) is 2.03. The van der Waals surface area contributed by atoms with E-state index in [1.807, 2.05) is 12.3 Å². The second-order valence-electron chi connectivity index (χ2n) is 3.12. The van der Waals surface area contributed by atoms with Gasteiger partial charge in [-0.2, -0.15) is 0 Å². The van der Waals surface area contributed by atoms with Gasteiger partial charge in [-0.25, -0.2) is 0 Å². The molecule has 1 rings (SSSR count). The van der Waals surface area contributed by atoms with Gasteiger partial charge in [-0.15, -0.1) is 11.8 Å². The van der Waals surface area contributed by atoms with Gasteiger partial charge >= 0.3 is 0 Å². The molecule has 0 atom stereocenters. The zero-order valence-electron chi connectivity index (χ0n) is 7.66. The van der Waals surface area contributed by atoms with Gasteiger partial charge in [-0.1, -0.05) is 13.8 Å². The first-order chi connectivity index (χ1) is 5.63. The molecule has 0 spiro atoms. The number of hydrogen-bond acceptors (Lipinski definition) is 2. The van der Waals surface area contributed by atoms with Crippen molar-refractivity contribution in [1.82, 2.24) is 0 Å². The van der Waals surface area contributed by atoms with E-state index in [9.17, 15) is 5.11 Å². The molecule has 0 aliphatic rings. The maximum absolute atomic E-state index is 9.36. The fraction of sp³-hybridized carbons (Fsp3) is 0.400. The van der Waals surface area contributed by atoms with Crippen LogP contribution in [0.4, 0.5) is 0 Å². The van der Waals surface area contributed by atoms with Crippen LogP contribution in [-0.2, 0) is 0 Å². The van der Waals surface area contributed by atoms with Crippen molar-refractivity contribution < 1.29 is 5.11 Å². The zero-order chi connectivity index (χ0) is 9.14. The van der Waals surface area contributed by atoms with E-state index in [2.05, 4.69) is 19.9 Å². The Bertz CT molecular complexity index is 269. The van der Waals surface area contributed by atoms with Crippen LogP contribution in [0, 0.1) is 0 Å². The molecule has 1 aromatic rings. The number of benzene rings is 1. The Hall–Kier alpha value is -0.630. The third kappa shape index (κ3) is 2.18. The Balaban J connectivity index is 3.06. The summed E-state index contributed by atoms with van der Waals surface area (Å²) >= 11 is 1.65. The maximum Gasteiger partial charge on any atom is 0.116 e. The Morgan fingerprint density at radius 3 is 2.42 bits per heavy atom. The van der Waals surface area contributed by atoms with E-state index < -0.39 is 0 Å². The molecule has 0 saturated carbocycles. The summed E-state index contributed by atoms with van der Waals surface area (Å²) in [7, 11) is 0. The summed E-state index contributed by atoms with van der Waals surface area (Å²) in [4.78, 5) is 1.12. The fourth-order valence-corrected chi connectivity index (χ4v) is 1.55. The molecule has 2 heteroatoms. The monoisotopic (exact) mass is 182 g/mol. The molecule has 0 aliphatic heterocycles. The summed E-state index contributed by atoms with van der Waals surface area (Å²) in [6.45, 7) is 4.25. The summed E-state index contributed by atoms with van der Waals surface area (Å²) < 4.78 is 0. The van der Waals surface area contributed by atoms with Gasteiger partial charge in [0.2, 0.25) is 0 Å². The first-order valence-electron chi connectivity index (χ1n) is 4.01. The lowest BCUT2D eigenvalue weighted by Crippen LogP contribution is -1.86. The Kier molecular flexibility index (Phi) is 3.04. The first-order valence-corrected chi connectivity index (χ1v) is 5.24. The van der Waals surface area contributed by atoms with Crippen LogP contribution in [-0.4, -0.2) is 11.4 Å². The van der Waals surface area contributed by atoms with Crippen LogP contribution >= 0.6 is 11.8 Å². The third-order valence-electron chi connectivity index (χ3n) is 1.82. The predicted octanol–water partition coefficient (Wildman–Crippen LogP) is 3.24. The molecule has 0 amide bonds. The second-order valence-corrected chi connectivity index (χ2v) is 4.00.